The maximum atomic E-state index is 14.4. The highest BCUT2D eigenvalue weighted by Crippen LogP contribution is 2.29. The van der Waals surface area contributed by atoms with E-state index in [2.05, 4.69) is 0 Å². The van der Waals surface area contributed by atoms with Gasteiger partial charge in [-0.3, -0.25) is 14.8 Å². The number of aryl methyl sites for hydroxylation is 1. The van der Waals surface area contributed by atoms with Crippen molar-refractivity contribution < 1.29 is 19.5 Å². The van der Waals surface area contributed by atoms with E-state index in [-0.39, 0.29) is 18.5 Å². The first-order valence-electron chi connectivity index (χ1n) is 7.40. The van der Waals surface area contributed by atoms with Crippen LogP contribution in [0.2, 0.25) is 0 Å². The molecule has 0 atom stereocenters. The van der Waals surface area contributed by atoms with Gasteiger partial charge in [0.1, 0.15) is 0 Å². The Balaban J connectivity index is 2.35. The third kappa shape index (κ3) is 3.46. The molecular weight excluding hydrogens is 315 g/mol. The summed E-state index contributed by atoms with van der Waals surface area (Å²) in [5.74, 6) is -2.02. The Morgan fingerprint density at radius 2 is 1.92 bits per heavy atom. The Morgan fingerprint density at radius 3 is 2.50 bits per heavy atom. The minimum absolute atomic E-state index is 0.0127. The fourth-order valence-electron chi connectivity index (χ4n) is 2.33. The van der Waals surface area contributed by atoms with Crippen molar-refractivity contribution in [3.8, 4) is 16.9 Å². The molecule has 3 N–H and O–H groups in total. The minimum atomic E-state index is -0.960. The van der Waals surface area contributed by atoms with E-state index in [4.69, 9.17) is 5.21 Å². The quantitative estimate of drug-likeness (QED) is 0.578. The summed E-state index contributed by atoms with van der Waals surface area (Å²) in [5.41, 5.74) is 0.110. The molecule has 128 valence electrons. The van der Waals surface area contributed by atoms with Crippen molar-refractivity contribution in [2.24, 2.45) is 5.41 Å². The summed E-state index contributed by atoms with van der Waals surface area (Å²) in [6.45, 7) is 3.18. The molecule has 2 aromatic rings. The number of pyridine rings is 1. The first kappa shape index (κ1) is 17.7. The van der Waals surface area contributed by atoms with Crippen LogP contribution in [0, 0.1) is 11.2 Å². The van der Waals surface area contributed by atoms with Gasteiger partial charge in [0.25, 0.3) is 5.56 Å². The van der Waals surface area contributed by atoms with E-state index >= 15 is 0 Å². The number of nitrogens with one attached hydrogen (secondary N) is 1. The van der Waals surface area contributed by atoms with Gasteiger partial charge in [-0.1, -0.05) is 44.2 Å². The lowest BCUT2D eigenvalue weighted by atomic mass is 9.88. The smallest absolute Gasteiger partial charge is 0.293 e. The Bertz CT molecular complexity index is 800. The van der Waals surface area contributed by atoms with Gasteiger partial charge in [0.05, 0.1) is 5.56 Å². The molecule has 0 aliphatic carbocycles. The van der Waals surface area contributed by atoms with Crippen LogP contribution in [0.5, 0.6) is 5.75 Å². The number of carbonyl (C=O) groups is 1. The SMILES string of the molecule is CC(C)(CCn1cc(F)c(-c2ccccc2)c(O)c1=O)C(=O)NO. The lowest BCUT2D eigenvalue weighted by molar-refractivity contribution is -0.138. The summed E-state index contributed by atoms with van der Waals surface area (Å²) in [6, 6.07) is 8.28. The van der Waals surface area contributed by atoms with Crippen molar-refractivity contribution in [3.05, 3.63) is 52.7 Å². The lowest BCUT2D eigenvalue weighted by Gasteiger charge is -2.22. The van der Waals surface area contributed by atoms with Gasteiger partial charge in [-0.05, 0) is 12.0 Å². The van der Waals surface area contributed by atoms with Gasteiger partial charge in [0.15, 0.2) is 11.6 Å². The van der Waals surface area contributed by atoms with E-state index in [0.29, 0.717) is 5.56 Å². The van der Waals surface area contributed by atoms with Crippen LogP contribution in [0.4, 0.5) is 4.39 Å². The summed E-state index contributed by atoms with van der Waals surface area (Å²) >= 11 is 0. The van der Waals surface area contributed by atoms with Crippen molar-refractivity contribution >= 4 is 5.91 Å². The average Bonchev–Trinajstić information content (AvgIpc) is 2.57. The zero-order valence-electron chi connectivity index (χ0n) is 13.4. The normalized spacial score (nSPS) is 11.3. The molecule has 1 aromatic heterocycles. The predicted octanol–water partition coefficient (Wildman–Crippen LogP) is 2.28. The number of amides is 1. The Morgan fingerprint density at radius 1 is 1.29 bits per heavy atom. The highest BCUT2D eigenvalue weighted by atomic mass is 19.1. The van der Waals surface area contributed by atoms with Crippen LogP contribution < -0.4 is 11.0 Å². The van der Waals surface area contributed by atoms with Gasteiger partial charge >= 0.3 is 0 Å². The highest BCUT2D eigenvalue weighted by molar-refractivity contribution is 5.80. The number of hydrogen-bond acceptors (Lipinski definition) is 4. The number of nitrogens with zero attached hydrogens (tertiary/aromatic N) is 1. The molecule has 0 saturated heterocycles. The standard InChI is InChI=1S/C17H19FN2O4/c1-17(2,16(23)19-24)8-9-20-10-12(18)13(14(21)15(20)22)11-6-4-3-5-7-11/h3-7,10,21,24H,8-9H2,1-2H3,(H,19,23). The molecular formula is C17H19FN2O4. The zero-order valence-corrected chi connectivity index (χ0v) is 13.4. The van der Waals surface area contributed by atoms with E-state index in [1.807, 2.05) is 0 Å². The molecule has 0 spiro atoms. The summed E-state index contributed by atoms with van der Waals surface area (Å²) < 4.78 is 15.4. The topological polar surface area (TPSA) is 91.6 Å². The van der Waals surface area contributed by atoms with Gasteiger partial charge in [-0.25, -0.2) is 9.87 Å². The molecule has 0 bridgehead atoms. The summed E-state index contributed by atoms with van der Waals surface area (Å²) in [7, 11) is 0. The van der Waals surface area contributed by atoms with Crippen molar-refractivity contribution in [3.63, 3.8) is 0 Å². The maximum absolute atomic E-state index is 14.4. The van der Waals surface area contributed by atoms with E-state index in [1.165, 1.54) is 0 Å². The molecule has 0 saturated carbocycles. The molecule has 2 rings (SSSR count). The van der Waals surface area contributed by atoms with Gasteiger partial charge in [-0.15, -0.1) is 0 Å². The molecule has 0 radical (unpaired) electrons. The first-order valence-corrected chi connectivity index (χ1v) is 7.40. The van der Waals surface area contributed by atoms with Crippen LogP contribution in [0.25, 0.3) is 11.1 Å². The average molecular weight is 334 g/mol. The van der Waals surface area contributed by atoms with Crippen LogP contribution in [0.15, 0.2) is 41.3 Å². The van der Waals surface area contributed by atoms with Crippen molar-refractivity contribution in [1.82, 2.24) is 10.0 Å². The van der Waals surface area contributed by atoms with Gasteiger partial charge in [-0.2, -0.15) is 0 Å². The predicted molar refractivity (Wildman–Crippen MR) is 86.1 cm³/mol. The highest BCUT2D eigenvalue weighted by Gasteiger charge is 2.27. The van der Waals surface area contributed by atoms with Crippen molar-refractivity contribution in [2.45, 2.75) is 26.8 Å². The van der Waals surface area contributed by atoms with E-state index in [0.717, 1.165) is 10.8 Å². The Labute approximate surface area is 138 Å². The fraction of sp³-hybridized carbons (Fsp3) is 0.294. The monoisotopic (exact) mass is 334 g/mol. The van der Waals surface area contributed by atoms with E-state index in [1.54, 1.807) is 49.7 Å². The molecule has 0 aliphatic rings. The van der Waals surface area contributed by atoms with Crippen LogP contribution in [-0.2, 0) is 11.3 Å². The van der Waals surface area contributed by atoms with Crippen molar-refractivity contribution in [2.75, 3.05) is 0 Å². The first-order chi connectivity index (χ1) is 11.3. The molecule has 7 heteroatoms. The molecule has 1 aromatic carbocycles. The molecule has 6 nitrogen and oxygen atoms in total. The number of aromatic nitrogens is 1. The molecule has 0 unspecified atom stereocenters. The number of halogens is 1. The number of aromatic hydroxyl groups is 1. The molecule has 1 amide bonds. The molecule has 24 heavy (non-hydrogen) atoms. The van der Waals surface area contributed by atoms with Crippen LogP contribution in [0.1, 0.15) is 20.3 Å². The number of hydroxylamine groups is 1. The van der Waals surface area contributed by atoms with Gasteiger partial charge < -0.3 is 9.67 Å². The second kappa shape index (κ2) is 6.84. The van der Waals surface area contributed by atoms with E-state index in [9.17, 15) is 19.1 Å². The van der Waals surface area contributed by atoms with Crippen LogP contribution in [0.3, 0.4) is 0 Å². The van der Waals surface area contributed by atoms with Gasteiger partial charge in [0.2, 0.25) is 5.91 Å². The molecule has 0 fully saturated rings. The summed E-state index contributed by atoms with van der Waals surface area (Å²) in [5, 5.41) is 18.8. The van der Waals surface area contributed by atoms with Crippen molar-refractivity contribution in [1.29, 1.82) is 0 Å². The second-order valence-corrected chi connectivity index (χ2v) is 6.14. The minimum Gasteiger partial charge on any atom is -0.503 e. The van der Waals surface area contributed by atoms with E-state index < -0.39 is 28.4 Å². The second-order valence-electron chi connectivity index (χ2n) is 6.14. The third-order valence-electron chi connectivity index (χ3n) is 3.96. The number of carbonyl (C=O) groups excluding carboxylic acids is 1. The number of hydrogen-bond donors (Lipinski definition) is 3. The zero-order chi connectivity index (χ0) is 17.9. The van der Waals surface area contributed by atoms with Crippen LogP contribution in [-0.4, -0.2) is 20.8 Å². The molecule has 0 aliphatic heterocycles. The third-order valence-corrected chi connectivity index (χ3v) is 3.96. The summed E-state index contributed by atoms with van der Waals surface area (Å²) in [6.07, 6.45) is 1.18. The maximum Gasteiger partial charge on any atom is 0.293 e. The Kier molecular flexibility index (Phi) is 5.04. The lowest BCUT2D eigenvalue weighted by Crippen LogP contribution is -2.36. The number of benzene rings is 1. The Hall–Kier alpha value is -2.67. The van der Waals surface area contributed by atoms with Crippen LogP contribution >= 0.6 is 0 Å². The molecule has 1 heterocycles. The number of rotatable bonds is 5. The largest absolute Gasteiger partial charge is 0.503 e. The summed E-state index contributed by atoms with van der Waals surface area (Å²) in [4.78, 5) is 23.8. The fourth-order valence-corrected chi connectivity index (χ4v) is 2.33. The van der Waals surface area contributed by atoms with Gasteiger partial charge in [0, 0.05) is 18.2 Å².